The third-order valence-electron chi connectivity index (χ3n) is 5.13. The van der Waals surface area contributed by atoms with Crippen LogP contribution in [0.5, 0.6) is 0 Å². The molecule has 0 aliphatic rings. The minimum atomic E-state index is -3.80. The first-order chi connectivity index (χ1) is 14.7. The molecule has 1 N–H and O–H groups in total. The summed E-state index contributed by atoms with van der Waals surface area (Å²) in [5.74, 6) is -1.48. The molecule has 31 heavy (non-hydrogen) atoms. The monoisotopic (exact) mass is 477 g/mol. The molecule has 0 bridgehead atoms. The first-order valence-corrected chi connectivity index (χ1v) is 11.9. The maximum Gasteiger partial charge on any atom is 0.323 e. The fourth-order valence-electron chi connectivity index (χ4n) is 3.70. The van der Waals surface area contributed by atoms with Crippen LogP contribution in [0.1, 0.15) is 16.1 Å². The van der Waals surface area contributed by atoms with Crippen molar-refractivity contribution >= 4 is 49.6 Å². The van der Waals surface area contributed by atoms with Gasteiger partial charge in [-0.1, -0.05) is 29.8 Å². The molecule has 0 amide bonds. The molecular weight excluding hydrogens is 461 g/mol. The number of carboxylic acid groups (broad SMARTS) is 1. The van der Waals surface area contributed by atoms with Gasteiger partial charge < -0.3 is 9.67 Å². The SMILES string of the molecule is Cc1c(Cc2sc(Cl)cc2S(=O)(=O)c2ccccc2)c2cc(F)ccc2n1CC(=O)O. The Balaban J connectivity index is 1.88. The number of aromatic nitrogens is 1. The molecule has 0 radical (unpaired) electrons. The average molecular weight is 478 g/mol. The number of rotatable bonds is 6. The van der Waals surface area contributed by atoms with Crippen molar-refractivity contribution in [1.82, 2.24) is 4.57 Å². The summed E-state index contributed by atoms with van der Waals surface area (Å²) < 4.78 is 42.4. The largest absolute Gasteiger partial charge is 0.480 e. The summed E-state index contributed by atoms with van der Waals surface area (Å²) in [5, 5.41) is 9.84. The van der Waals surface area contributed by atoms with Crippen molar-refractivity contribution in [3.63, 3.8) is 0 Å². The molecule has 0 saturated carbocycles. The van der Waals surface area contributed by atoms with Crippen molar-refractivity contribution in [3.8, 4) is 0 Å². The van der Waals surface area contributed by atoms with Crippen LogP contribution in [0.25, 0.3) is 10.9 Å². The Hall–Kier alpha value is -2.68. The summed E-state index contributed by atoms with van der Waals surface area (Å²) in [4.78, 5) is 12.1. The lowest BCUT2D eigenvalue weighted by Crippen LogP contribution is -2.10. The molecule has 0 aliphatic carbocycles. The fraction of sp³-hybridized carbons (Fsp3) is 0.136. The van der Waals surface area contributed by atoms with Gasteiger partial charge in [0.1, 0.15) is 12.4 Å². The molecule has 2 heterocycles. The molecule has 4 rings (SSSR count). The second-order valence-corrected chi connectivity index (χ2v) is 10.7. The van der Waals surface area contributed by atoms with Gasteiger partial charge in [-0.3, -0.25) is 4.79 Å². The van der Waals surface area contributed by atoms with Crippen LogP contribution in [0.3, 0.4) is 0 Å². The zero-order valence-corrected chi connectivity index (χ0v) is 18.7. The topological polar surface area (TPSA) is 76.4 Å². The molecule has 160 valence electrons. The summed E-state index contributed by atoms with van der Waals surface area (Å²) in [5.41, 5.74) is 1.88. The van der Waals surface area contributed by atoms with E-state index in [-0.39, 0.29) is 22.8 Å². The van der Waals surface area contributed by atoms with Crippen LogP contribution in [0.15, 0.2) is 64.4 Å². The predicted octanol–water partition coefficient (Wildman–Crippen LogP) is 5.31. The van der Waals surface area contributed by atoms with Crippen LogP contribution in [0.4, 0.5) is 4.39 Å². The normalized spacial score (nSPS) is 11.8. The lowest BCUT2D eigenvalue weighted by molar-refractivity contribution is -0.137. The maximum absolute atomic E-state index is 14.0. The lowest BCUT2D eigenvalue weighted by atomic mass is 10.1. The van der Waals surface area contributed by atoms with Crippen molar-refractivity contribution in [2.45, 2.75) is 29.7 Å². The molecule has 0 aliphatic heterocycles. The van der Waals surface area contributed by atoms with E-state index in [2.05, 4.69) is 0 Å². The summed E-state index contributed by atoms with van der Waals surface area (Å²) in [7, 11) is -3.80. The van der Waals surface area contributed by atoms with E-state index in [1.165, 1.54) is 36.4 Å². The Morgan fingerprint density at radius 2 is 1.87 bits per heavy atom. The standard InChI is InChI=1S/C22H17ClFNO4S2/c1-13-16(17-9-14(24)7-8-18(17)25(13)12-22(26)27)10-19-20(11-21(23)30-19)31(28,29)15-5-3-2-4-6-15/h2-9,11H,10,12H2,1H3,(H,26,27). The van der Waals surface area contributed by atoms with Gasteiger partial charge in [-0.05, 0) is 48.9 Å². The number of hydrogen-bond donors (Lipinski definition) is 1. The number of aliphatic carboxylic acids is 1. The van der Waals surface area contributed by atoms with Crippen molar-refractivity contribution in [1.29, 1.82) is 0 Å². The van der Waals surface area contributed by atoms with Crippen LogP contribution in [0, 0.1) is 12.7 Å². The second kappa shape index (κ2) is 8.11. The minimum Gasteiger partial charge on any atom is -0.480 e. The highest BCUT2D eigenvalue weighted by Gasteiger charge is 2.26. The molecule has 2 aromatic carbocycles. The third kappa shape index (κ3) is 3.98. The van der Waals surface area contributed by atoms with Crippen molar-refractivity contribution in [3.05, 3.63) is 80.9 Å². The lowest BCUT2D eigenvalue weighted by Gasteiger charge is -2.08. The van der Waals surface area contributed by atoms with Gasteiger partial charge >= 0.3 is 5.97 Å². The summed E-state index contributed by atoms with van der Waals surface area (Å²) in [6.07, 6.45) is 0.178. The predicted molar refractivity (Wildman–Crippen MR) is 118 cm³/mol. The van der Waals surface area contributed by atoms with Crippen molar-refractivity contribution in [2.75, 3.05) is 0 Å². The maximum atomic E-state index is 14.0. The third-order valence-corrected chi connectivity index (χ3v) is 8.36. The molecule has 2 aromatic heterocycles. The molecule has 0 spiro atoms. The van der Waals surface area contributed by atoms with Crippen LogP contribution >= 0.6 is 22.9 Å². The van der Waals surface area contributed by atoms with E-state index < -0.39 is 21.6 Å². The molecule has 5 nitrogen and oxygen atoms in total. The van der Waals surface area contributed by atoms with Crippen LogP contribution in [-0.2, 0) is 27.6 Å². The quantitative estimate of drug-likeness (QED) is 0.408. The van der Waals surface area contributed by atoms with Gasteiger partial charge in [-0.15, -0.1) is 11.3 Å². The fourth-order valence-corrected chi connectivity index (χ4v) is 6.89. The Labute approximate surface area is 187 Å². The molecule has 0 atom stereocenters. The van der Waals surface area contributed by atoms with Gasteiger partial charge in [0.15, 0.2) is 0 Å². The molecule has 0 unspecified atom stereocenters. The van der Waals surface area contributed by atoms with E-state index >= 15 is 0 Å². The summed E-state index contributed by atoms with van der Waals surface area (Å²) in [6.45, 7) is 1.46. The first-order valence-electron chi connectivity index (χ1n) is 9.26. The number of carbonyl (C=O) groups is 1. The van der Waals surface area contributed by atoms with Gasteiger partial charge in [-0.2, -0.15) is 0 Å². The number of nitrogens with zero attached hydrogens (tertiary/aromatic N) is 1. The number of benzene rings is 2. The number of fused-ring (bicyclic) bond motifs is 1. The Bertz CT molecular complexity index is 1410. The number of sulfone groups is 1. The van der Waals surface area contributed by atoms with E-state index in [9.17, 15) is 22.7 Å². The highest BCUT2D eigenvalue weighted by molar-refractivity contribution is 7.91. The zero-order chi connectivity index (χ0) is 22.3. The Morgan fingerprint density at radius 3 is 2.55 bits per heavy atom. The van der Waals surface area contributed by atoms with E-state index in [0.29, 0.717) is 31.4 Å². The average Bonchev–Trinajstić information content (AvgIpc) is 3.22. The molecule has 0 fully saturated rings. The highest BCUT2D eigenvalue weighted by Crippen LogP contribution is 2.37. The van der Waals surface area contributed by atoms with Gasteiger partial charge in [-0.25, -0.2) is 12.8 Å². The van der Waals surface area contributed by atoms with E-state index in [1.54, 1.807) is 29.7 Å². The first kappa shape index (κ1) is 21.5. The van der Waals surface area contributed by atoms with Gasteiger partial charge in [0, 0.05) is 27.9 Å². The molecule has 0 saturated heterocycles. The second-order valence-electron chi connectivity index (χ2n) is 7.04. The van der Waals surface area contributed by atoms with E-state index in [1.807, 2.05) is 0 Å². The molecular formula is C22H17ClFNO4S2. The number of hydrogen-bond acceptors (Lipinski definition) is 4. The van der Waals surface area contributed by atoms with Crippen molar-refractivity contribution < 1.29 is 22.7 Å². The Kier molecular flexibility index (Phi) is 5.63. The van der Waals surface area contributed by atoms with Crippen molar-refractivity contribution in [2.24, 2.45) is 0 Å². The van der Waals surface area contributed by atoms with Crippen LogP contribution < -0.4 is 0 Å². The number of thiophene rings is 1. The van der Waals surface area contributed by atoms with Crippen LogP contribution in [0.2, 0.25) is 4.34 Å². The molecule has 9 heteroatoms. The van der Waals surface area contributed by atoms with Gasteiger partial charge in [0.05, 0.1) is 14.1 Å². The van der Waals surface area contributed by atoms with Crippen LogP contribution in [-0.4, -0.2) is 24.1 Å². The zero-order valence-electron chi connectivity index (χ0n) is 16.3. The van der Waals surface area contributed by atoms with E-state index in [4.69, 9.17) is 11.6 Å². The minimum absolute atomic E-state index is 0.101. The number of carboxylic acids is 1. The molecule has 4 aromatic rings. The summed E-state index contributed by atoms with van der Waals surface area (Å²) in [6, 6.07) is 13.6. The Morgan fingerprint density at radius 1 is 1.16 bits per heavy atom. The highest BCUT2D eigenvalue weighted by atomic mass is 35.5. The smallest absolute Gasteiger partial charge is 0.323 e. The van der Waals surface area contributed by atoms with Gasteiger partial charge in [0.25, 0.3) is 0 Å². The summed E-state index contributed by atoms with van der Waals surface area (Å²) >= 11 is 7.34. The van der Waals surface area contributed by atoms with E-state index in [0.717, 1.165) is 11.3 Å². The number of halogens is 2. The van der Waals surface area contributed by atoms with Gasteiger partial charge in [0.2, 0.25) is 9.84 Å².